The number of aryl methyl sites for hydroxylation is 1. The maximum atomic E-state index is 5.41. The monoisotopic (exact) mass is 154 g/mol. The zero-order valence-electron chi connectivity index (χ0n) is 7.03. The highest BCUT2D eigenvalue weighted by molar-refractivity contribution is 4.65. The highest BCUT2D eigenvalue weighted by Crippen LogP contribution is 1.83. The second-order valence-electron chi connectivity index (χ2n) is 2.68. The van der Waals surface area contributed by atoms with E-state index in [-0.39, 0.29) is 0 Å². The zero-order valence-corrected chi connectivity index (χ0v) is 7.03. The second kappa shape index (κ2) is 4.13. The molecule has 62 valence electrons. The van der Waals surface area contributed by atoms with Crippen LogP contribution < -0.4 is 10.3 Å². The van der Waals surface area contributed by atoms with Crippen LogP contribution in [0.25, 0.3) is 0 Å². The molecule has 0 unspecified atom stereocenters. The van der Waals surface area contributed by atoms with Crippen molar-refractivity contribution in [2.24, 2.45) is 5.73 Å². The summed E-state index contributed by atoms with van der Waals surface area (Å²) in [7, 11) is 0. The van der Waals surface area contributed by atoms with Crippen molar-refractivity contribution in [3.05, 3.63) is 18.7 Å². The van der Waals surface area contributed by atoms with E-state index >= 15 is 0 Å². The fraction of sp³-hybridized carbons (Fsp3) is 0.625. The van der Waals surface area contributed by atoms with Crippen LogP contribution in [0.1, 0.15) is 13.3 Å². The van der Waals surface area contributed by atoms with Crippen molar-refractivity contribution < 1.29 is 4.57 Å². The number of nitrogens with zero attached hydrogens (tertiary/aromatic N) is 2. The van der Waals surface area contributed by atoms with Crippen molar-refractivity contribution in [1.29, 1.82) is 0 Å². The van der Waals surface area contributed by atoms with Gasteiger partial charge in [0.05, 0.1) is 6.54 Å². The molecule has 0 aromatic carbocycles. The summed E-state index contributed by atoms with van der Waals surface area (Å²) in [4.78, 5) is 0. The summed E-state index contributed by atoms with van der Waals surface area (Å²) in [6, 6.07) is 0. The van der Waals surface area contributed by atoms with Crippen LogP contribution in [-0.4, -0.2) is 11.1 Å². The summed E-state index contributed by atoms with van der Waals surface area (Å²) in [6.45, 7) is 4.89. The molecule has 0 radical (unpaired) electrons. The molecule has 1 rings (SSSR count). The van der Waals surface area contributed by atoms with Gasteiger partial charge in [0.1, 0.15) is 18.9 Å². The van der Waals surface area contributed by atoms with Gasteiger partial charge in [-0.05, 0) is 6.42 Å². The Hall–Kier alpha value is -0.830. The SMILES string of the molecule is CCC[n+]1ccn(CCN)c1. The Kier molecular flexibility index (Phi) is 3.11. The van der Waals surface area contributed by atoms with Crippen molar-refractivity contribution in [3.63, 3.8) is 0 Å². The van der Waals surface area contributed by atoms with Crippen molar-refractivity contribution in [3.8, 4) is 0 Å². The Morgan fingerprint density at radius 1 is 1.55 bits per heavy atom. The third-order valence-electron chi connectivity index (χ3n) is 1.62. The first-order valence-corrected chi connectivity index (χ1v) is 4.11. The molecule has 0 aliphatic heterocycles. The van der Waals surface area contributed by atoms with Gasteiger partial charge in [-0.25, -0.2) is 9.13 Å². The largest absolute Gasteiger partial charge is 0.327 e. The van der Waals surface area contributed by atoms with E-state index < -0.39 is 0 Å². The molecule has 1 aromatic rings. The molecule has 3 nitrogen and oxygen atoms in total. The molecule has 0 spiro atoms. The Bertz CT molecular complexity index is 184. The van der Waals surface area contributed by atoms with E-state index in [1.54, 1.807) is 0 Å². The quantitative estimate of drug-likeness (QED) is 0.615. The number of aromatic nitrogens is 2. The molecule has 1 aromatic heterocycles. The molecule has 3 heteroatoms. The van der Waals surface area contributed by atoms with Crippen LogP contribution in [-0.2, 0) is 13.1 Å². The lowest BCUT2D eigenvalue weighted by atomic mass is 10.5. The number of hydrogen-bond acceptors (Lipinski definition) is 1. The summed E-state index contributed by atoms with van der Waals surface area (Å²) in [5.74, 6) is 0. The smallest absolute Gasteiger partial charge is 0.243 e. The van der Waals surface area contributed by atoms with Crippen LogP contribution in [0.4, 0.5) is 0 Å². The van der Waals surface area contributed by atoms with E-state index in [0.717, 1.165) is 13.1 Å². The highest BCUT2D eigenvalue weighted by atomic mass is 15.1. The lowest BCUT2D eigenvalue weighted by Gasteiger charge is -1.90. The van der Waals surface area contributed by atoms with Crippen LogP contribution in [0.3, 0.4) is 0 Å². The van der Waals surface area contributed by atoms with Crippen molar-refractivity contribution in [1.82, 2.24) is 4.57 Å². The van der Waals surface area contributed by atoms with E-state index in [4.69, 9.17) is 5.73 Å². The summed E-state index contributed by atoms with van der Waals surface area (Å²) >= 11 is 0. The van der Waals surface area contributed by atoms with Gasteiger partial charge in [-0.1, -0.05) is 6.92 Å². The van der Waals surface area contributed by atoms with Gasteiger partial charge in [0.25, 0.3) is 0 Å². The van der Waals surface area contributed by atoms with Crippen LogP contribution in [0, 0.1) is 0 Å². The molecular formula is C8H16N3+. The predicted octanol–water partition coefficient (Wildman–Crippen LogP) is 0.144. The van der Waals surface area contributed by atoms with Crippen LogP contribution in [0.2, 0.25) is 0 Å². The van der Waals surface area contributed by atoms with Gasteiger partial charge in [0.2, 0.25) is 6.33 Å². The van der Waals surface area contributed by atoms with Gasteiger partial charge >= 0.3 is 0 Å². The minimum Gasteiger partial charge on any atom is -0.327 e. The molecule has 0 saturated carbocycles. The summed E-state index contributed by atoms with van der Waals surface area (Å²) in [5.41, 5.74) is 5.41. The number of nitrogens with two attached hydrogens (primary N) is 1. The summed E-state index contributed by atoms with van der Waals surface area (Å²) in [6.07, 6.45) is 7.41. The average Bonchev–Trinajstić information content (AvgIpc) is 2.38. The number of rotatable bonds is 4. The lowest BCUT2D eigenvalue weighted by molar-refractivity contribution is -0.696. The van der Waals surface area contributed by atoms with Gasteiger partial charge in [0.15, 0.2) is 0 Å². The topological polar surface area (TPSA) is 34.8 Å². The Balaban J connectivity index is 2.51. The fourth-order valence-electron chi connectivity index (χ4n) is 1.11. The molecule has 0 bridgehead atoms. The lowest BCUT2D eigenvalue weighted by Crippen LogP contribution is -2.30. The van der Waals surface area contributed by atoms with E-state index in [1.165, 1.54) is 6.42 Å². The van der Waals surface area contributed by atoms with Gasteiger partial charge < -0.3 is 5.73 Å². The van der Waals surface area contributed by atoms with E-state index in [1.807, 2.05) is 0 Å². The number of imidazole rings is 1. The van der Waals surface area contributed by atoms with E-state index in [0.29, 0.717) is 6.54 Å². The van der Waals surface area contributed by atoms with Crippen LogP contribution >= 0.6 is 0 Å². The zero-order chi connectivity index (χ0) is 8.10. The molecule has 0 atom stereocenters. The van der Waals surface area contributed by atoms with E-state index in [9.17, 15) is 0 Å². The van der Waals surface area contributed by atoms with Gasteiger partial charge in [-0.3, -0.25) is 0 Å². The minimum atomic E-state index is 0.709. The Morgan fingerprint density at radius 2 is 2.36 bits per heavy atom. The third kappa shape index (κ3) is 2.35. The molecule has 0 aliphatic rings. The van der Waals surface area contributed by atoms with Crippen LogP contribution in [0.5, 0.6) is 0 Å². The molecule has 0 fully saturated rings. The molecule has 1 heterocycles. The summed E-state index contributed by atoms with van der Waals surface area (Å²) < 4.78 is 4.28. The maximum Gasteiger partial charge on any atom is 0.243 e. The van der Waals surface area contributed by atoms with Crippen molar-refractivity contribution in [2.45, 2.75) is 26.4 Å². The van der Waals surface area contributed by atoms with Crippen molar-refractivity contribution >= 4 is 0 Å². The molecule has 0 amide bonds. The highest BCUT2D eigenvalue weighted by Gasteiger charge is 1.99. The standard InChI is InChI=1S/C8H16N3/c1-2-4-10-6-7-11(8-10)5-3-9/h6-8H,2-5,9H2,1H3/q+1. The summed E-state index contributed by atoms with van der Waals surface area (Å²) in [5, 5.41) is 0. The number of hydrogen-bond donors (Lipinski definition) is 1. The third-order valence-corrected chi connectivity index (χ3v) is 1.62. The molecule has 0 saturated heterocycles. The van der Waals surface area contributed by atoms with Crippen LogP contribution in [0.15, 0.2) is 18.7 Å². The van der Waals surface area contributed by atoms with Gasteiger partial charge in [-0.15, -0.1) is 0 Å². The second-order valence-corrected chi connectivity index (χ2v) is 2.68. The van der Waals surface area contributed by atoms with Gasteiger partial charge in [0, 0.05) is 6.54 Å². The average molecular weight is 154 g/mol. The maximum absolute atomic E-state index is 5.41. The first-order valence-electron chi connectivity index (χ1n) is 4.11. The molecule has 2 N–H and O–H groups in total. The fourth-order valence-corrected chi connectivity index (χ4v) is 1.11. The van der Waals surface area contributed by atoms with E-state index in [2.05, 4.69) is 34.8 Å². The minimum absolute atomic E-state index is 0.709. The normalized spacial score (nSPS) is 10.4. The molecule has 0 aliphatic carbocycles. The molecular weight excluding hydrogens is 138 g/mol. The first-order chi connectivity index (χ1) is 5.36. The predicted molar refractivity (Wildman–Crippen MR) is 44.0 cm³/mol. The van der Waals surface area contributed by atoms with Gasteiger partial charge in [-0.2, -0.15) is 0 Å². The molecule has 11 heavy (non-hydrogen) atoms. The Morgan fingerprint density at radius 3 is 3.00 bits per heavy atom. The Labute approximate surface area is 67.4 Å². The first kappa shape index (κ1) is 8.27. The van der Waals surface area contributed by atoms with Crippen molar-refractivity contribution in [2.75, 3.05) is 6.54 Å².